The van der Waals surface area contributed by atoms with Crippen LogP contribution in [0.1, 0.15) is 15.2 Å². The average Bonchev–Trinajstić information content (AvgIpc) is 3.32. The molecule has 0 spiro atoms. The van der Waals surface area contributed by atoms with Crippen LogP contribution in [0.3, 0.4) is 0 Å². The summed E-state index contributed by atoms with van der Waals surface area (Å²) in [4.78, 5) is 22.4. The summed E-state index contributed by atoms with van der Waals surface area (Å²) < 4.78 is 32.8. The van der Waals surface area contributed by atoms with E-state index in [1.54, 1.807) is 29.7 Å². The van der Waals surface area contributed by atoms with Crippen LogP contribution in [0.2, 0.25) is 0 Å². The molecule has 28 heavy (non-hydrogen) atoms. The number of oxazole rings is 1. The average molecular weight is 397 g/mol. The fourth-order valence-electron chi connectivity index (χ4n) is 2.73. The third-order valence-corrected chi connectivity index (χ3v) is 5.15. The number of nitrogens with zero attached hydrogens (tertiary/aromatic N) is 2. The first-order valence-corrected chi connectivity index (χ1v) is 9.05. The number of nitrogens with one attached hydrogen (secondary N) is 1. The molecule has 8 heteroatoms. The molecule has 3 aromatic heterocycles. The van der Waals surface area contributed by atoms with Crippen molar-refractivity contribution in [2.75, 3.05) is 5.32 Å². The minimum Gasteiger partial charge on any atom is -0.443 e. The Morgan fingerprint density at radius 2 is 1.93 bits per heavy atom. The normalized spacial score (nSPS) is 10.8. The van der Waals surface area contributed by atoms with Crippen molar-refractivity contribution >= 4 is 22.9 Å². The molecule has 4 rings (SSSR count). The summed E-state index contributed by atoms with van der Waals surface area (Å²) in [5.41, 5.74) is 1.33. The van der Waals surface area contributed by atoms with Crippen LogP contribution in [0.4, 0.5) is 14.5 Å². The van der Waals surface area contributed by atoms with Crippen molar-refractivity contribution in [1.29, 1.82) is 0 Å². The molecular weight excluding hydrogens is 384 g/mol. The van der Waals surface area contributed by atoms with Gasteiger partial charge in [-0.05, 0) is 37.3 Å². The van der Waals surface area contributed by atoms with E-state index in [1.165, 1.54) is 18.7 Å². The molecule has 0 atom stereocenters. The lowest BCUT2D eigenvalue weighted by Crippen LogP contribution is -2.15. The Balaban J connectivity index is 1.56. The minimum absolute atomic E-state index is 0.333. The molecule has 0 aliphatic rings. The number of hydrogen-bond acceptors (Lipinski definition) is 5. The van der Waals surface area contributed by atoms with E-state index in [1.807, 2.05) is 13.0 Å². The lowest BCUT2D eigenvalue weighted by Gasteiger charge is -2.07. The first-order valence-electron chi connectivity index (χ1n) is 8.24. The number of benzene rings is 1. The second-order valence-electron chi connectivity index (χ2n) is 5.93. The Morgan fingerprint density at radius 3 is 2.57 bits per heavy atom. The van der Waals surface area contributed by atoms with E-state index in [0.717, 1.165) is 27.5 Å². The van der Waals surface area contributed by atoms with Crippen LogP contribution in [0.15, 0.2) is 59.6 Å². The van der Waals surface area contributed by atoms with Crippen LogP contribution in [-0.4, -0.2) is 15.9 Å². The summed E-state index contributed by atoms with van der Waals surface area (Å²) in [6.07, 6.45) is 4.46. The zero-order chi connectivity index (χ0) is 19.7. The SMILES string of the molecule is Cc1sc(-c2cnco2)cc1-c1ccc(NC(=O)c2c(F)cccc2F)cn1. The smallest absolute Gasteiger partial charge is 0.261 e. The maximum Gasteiger partial charge on any atom is 0.261 e. The van der Waals surface area contributed by atoms with Crippen molar-refractivity contribution in [1.82, 2.24) is 9.97 Å². The zero-order valence-electron chi connectivity index (χ0n) is 14.6. The van der Waals surface area contributed by atoms with E-state index < -0.39 is 23.1 Å². The molecule has 1 N–H and O–H groups in total. The van der Waals surface area contributed by atoms with E-state index in [4.69, 9.17) is 4.42 Å². The molecule has 1 amide bonds. The molecule has 0 unspecified atom stereocenters. The van der Waals surface area contributed by atoms with Crippen molar-refractivity contribution in [3.8, 4) is 21.9 Å². The number of carbonyl (C=O) groups is 1. The molecule has 140 valence electrons. The van der Waals surface area contributed by atoms with Gasteiger partial charge in [-0.15, -0.1) is 11.3 Å². The predicted octanol–water partition coefficient (Wildman–Crippen LogP) is 5.30. The summed E-state index contributed by atoms with van der Waals surface area (Å²) in [6.45, 7) is 1.97. The molecule has 1 aromatic carbocycles. The van der Waals surface area contributed by atoms with Crippen molar-refractivity contribution < 1.29 is 18.0 Å². The molecule has 0 aliphatic carbocycles. The van der Waals surface area contributed by atoms with Crippen molar-refractivity contribution in [2.24, 2.45) is 0 Å². The highest BCUT2D eigenvalue weighted by atomic mass is 32.1. The molecule has 0 bridgehead atoms. The van der Waals surface area contributed by atoms with Gasteiger partial charge in [0.1, 0.15) is 17.2 Å². The third-order valence-electron chi connectivity index (χ3n) is 4.08. The number of hydrogen-bond donors (Lipinski definition) is 1. The Bertz CT molecular complexity index is 1120. The number of halogens is 2. The minimum atomic E-state index is -0.920. The summed E-state index contributed by atoms with van der Waals surface area (Å²) >= 11 is 1.56. The van der Waals surface area contributed by atoms with E-state index in [0.29, 0.717) is 17.1 Å². The standard InChI is InChI=1S/C20H13F2N3O2S/c1-11-13(7-18(28-11)17-9-23-10-27-17)16-6-5-12(8-24-16)25-20(26)19-14(21)3-2-4-15(19)22/h2-10H,1H3,(H,25,26). The molecule has 0 radical (unpaired) electrons. The number of aromatic nitrogens is 2. The summed E-state index contributed by atoms with van der Waals surface area (Å²) in [6, 6.07) is 8.58. The molecule has 0 saturated heterocycles. The largest absolute Gasteiger partial charge is 0.443 e. The molecule has 0 fully saturated rings. The number of thiophene rings is 1. The molecule has 0 saturated carbocycles. The molecule has 5 nitrogen and oxygen atoms in total. The fourth-order valence-corrected chi connectivity index (χ4v) is 3.71. The zero-order valence-corrected chi connectivity index (χ0v) is 15.4. The maximum absolute atomic E-state index is 13.7. The summed E-state index contributed by atoms with van der Waals surface area (Å²) in [7, 11) is 0. The quantitative estimate of drug-likeness (QED) is 0.507. The molecule has 4 aromatic rings. The summed E-state index contributed by atoms with van der Waals surface area (Å²) in [5, 5.41) is 2.46. The van der Waals surface area contributed by atoms with Gasteiger partial charge in [-0.25, -0.2) is 13.8 Å². The topological polar surface area (TPSA) is 68.0 Å². The van der Waals surface area contributed by atoms with Gasteiger partial charge in [-0.1, -0.05) is 6.07 Å². The van der Waals surface area contributed by atoms with Crippen LogP contribution in [0.5, 0.6) is 0 Å². The Kier molecular flexibility index (Phi) is 4.70. The highest BCUT2D eigenvalue weighted by molar-refractivity contribution is 7.15. The van der Waals surface area contributed by atoms with Gasteiger partial charge < -0.3 is 9.73 Å². The molecule has 3 heterocycles. The highest BCUT2D eigenvalue weighted by Crippen LogP contribution is 2.36. The van der Waals surface area contributed by atoms with Crippen molar-refractivity contribution in [3.63, 3.8) is 0 Å². The van der Waals surface area contributed by atoms with Gasteiger partial charge >= 0.3 is 0 Å². The predicted molar refractivity (Wildman–Crippen MR) is 102 cm³/mol. The van der Waals surface area contributed by atoms with Crippen LogP contribution in [0, 0.1) is 18.6 Å². The number of carbonyl (C=O) groups excluding carboxylic acids is 1. The Hall–Kier alpha value is -3.39. The van der Waals surface area contributed by atoms with E-state index in [-0.39, 0.29) is 0 Å². The number of amides is 1. The van der Waals surface area contributed by atoms with E-state index in [2.05, 4.69) is 15.3 Å². The first-order chi connectivity index (χ1) is 13.5. The van der Waals surface area contributed by atoms with Crippen molar-refractivity contribution in [3.05, 3.63) is 77.3 Å². The lowest BCUT2D eigenvalue weighted by atomic mass is 10.1. The maximum atomic E-state index is 13.7. The van der Waals surface area contributed by atoms with Gasteiger partial charge in [-0.3, -0.25) is 9.78 Å². The number of anilines is 1. The Morgan fingerprint density at radius 1 is 1.14 bits per heavy atom. The van der Waals surface area contributed by atoms with Gasteiger partial charge in [0.15, 0.2) is 12.2 Å². The molecular formula is C20H13F2N3O2S. The van der Waals surface area contributed by atoms with Crippen LogP contribution in [-0.2, 0) is 0 Å². The summed E-state index contributed by atoms with van der Waals surface area (Å²) in [5.74, 6) is -2.04. The van der Waals surface area contributed by atoms with Gasteiger partial charge in [0, 0.05) is 10.4 Å². The second kappa shape index (κ2) is 7.32. The first kappa shape index (κ1) is 18.0. The molecule has 0 aliphatic heterocycles. The lowest BCUT2D eigenvalue weighted by molar-refractivity contribution is 0.101. The van der Waals surface area contributed by atoms with Gasteiger partial charge in [0.25, 0.3) is 5.91 Å². The van der Waals surface area contributed by atoms with Crippen molar-refractivity contribution in [2.45, 2.75) is 6.92 Å². The number of rotatable bonds is 4. The van der Waals surface area contributed by atoms with E-state index in [9.17, 15) is 13.6 Å². The second-order valence-corrected chi connectivity index (χ2v) is 7.19. The van der Waals surface area contributed by atoms with Crippen LogP contribution in [0.25, 0.3) is 21.9 Å². The highest BCUT2D eigenvalue weighted by Gasteiger charge is 2.17. The Labute approximate surface area is 162 Å². The number of aryl methyl sites for hydroxylation is 1. The van der Waals surface area contributed by atoms with Gasteiger partial charge in [0.2, 0.25) is 0 Å². The number of pyridine rings is 1. The van der Waals surface area contributed by atoms with Crippen LogP contribution < -0.4 is 5.32 Å². The van der Waals surface area contributed by atoms with Gasteiger partial charge in [-0.2, -0.15) is 0 Å². The van der Waals surface area contributed by atoms with Gasteiger partial charge in [0.05, 0.1) is 28.7 Å². The fraction of sp³-hybridized carbons (Fsp3) is 0.0500. The van der Waals surface area contributed by atoms with Crippen LogP contribution >= 0.6 is 11.3 Å². The van der Waals surface area contributed by atoms with E-state index >= 15 is 0 Å². The third kappa shape index (κ3) is 3.41. The monoisotopic (exact) mass is 397 g/mol.